The van der Waals surface area contributed by atoms with Crippen LogP contribution >= 0.6 is 0 Å². The van der Waals surface area contributed by atoms with Crippen molar-refractivity contribution in [3.05, 3.63) is 42.0 Å². The second-order valence-electron chi connectivity index (χ2n) is 3.95. The molecule has 16 heavy (non-hydrogen) atoms. The Balaban J connectivity index is 2.31. The fourth-order valence-electron chi connectivity index (χ4n) is 2.22. The summed E-state index contributed by atoms with van der Waals surface area (Å²) in [7, 11) is 0. The molecule has 1 aliphatic rings. The number of aryl methyl sites for hydroxylation is 1. The first-order valence-electron chi connectivity index (χ1n) is 5.37. The van der Waals surface area contributed by atoms with Crippen molar-refractivity contribution in [1.29, 1.82) is 5.26 Å². The Morgan fingerprint density at radius 3 is 2.81 bits per heavy atom. The van der Waals surface area contributed by atoms with Crippen LogP contribution in [0, 0.1) is 11.3 Å². The lowest BCUT2D eigenvalue weighted by Crippen LogP contribution is -2.03. The first kappa shape index (κ1) is 9.11. The van der Waals surface area contributed by atoms with Crippen LogP contribution in [0.25, 0.3) is 10.8 Å². The molecule has 1 heterocycles. The molecule has 2 heteroatoms. The van der Waals surface area contributed by atoms with Gasteiger partial charge in [0.05, 0.1) is 5.69 Å². The minimum atomic E-state index is 0.641. The topological polar surface area (TPSA) is 36.1 Å². The Morgan fingerprint density at radius 2 is 1.94 bits per heavy atom. The van der Waals surface area contributed by atoms with E-state index in [1.165, 1.54) is 16.3 Å². The zero-order valence-corrected chi connectivity index (χ0v) is 8.77. The van der Waals surface area contributed by atoms with Crippen molar-refractivity contribution < 1.29 is 0 Å². The number of nitrogens with zero attached hydrogens (tertiary/aromatic N) is 2. The number of rotatable bonds is 0. The summed E-state index contributed by atoms with van der Waals surface area (Å²) < 4.78 is 0. The van der Waals surface area contributed by atoms with E-state index in [4.69, 9.17) is 5.26 Å². The van der Waals surface area contributed by atoms with Crippen LogP contribution < -0.4 is 0 Å². The normalized spacial score (nSPS) is 14.1. The molecule has 0 unspecified atom stereocenters. The predicted molar refractivity (Wildman–Crippen MR) is 65.0 cm³/mol. The Morgan fingerprint density at radius 1 is 1.06 bits per heavy atom. The van der Waals surface area contributed by atoms with E-state index in [1.54, 1.807) is 0 Å². The third-order valence-electron chi connectivity index (χ3n) is 3.01. The maximum atomic E-state index is 8.85. The molecule has 0 atom stereocenters. The van der Waals surface area contributed by atoms with Gasteiger partial charge in [0.2, 0.25) is 0 Å². The second kappa shape index (κ2) is 3.46. The average molecular weight is 206 g/mol. The maximum Gasteiger partial charge on any atom is 0.118 e. The van der Waals surface area contributed by atoms with Crippen LogP contribution in [0.15, 0.2) is 41.4 Å². The standard InChI is InChI=1S/C14H10N2/c15-9-11-6-7-13-12-4-2-1-3-10(12)5-8-14(13)16-11/h1-5,8H,6-7H2. The monoisotopic (exact) mass is 206 g/mol. The van der Waals surface area contributed by atoms with Gasteiger partial charge < -0.3 is 0 Å². The summed E-state index contributed by atoms with van der Waals surface area (Å²) >= 11 is 0. The Hall–Kier alpha value is -2.14. The van der Waals surface area contributed by atoms with Crippen molar-refractivity contribution in [3.63, 3.8) is 0 Å². The summed E-state index contributed by atoms with van der Waals surface area (Å²) in [6.45, 7) is 0. The minimum absolute atomic E-state index is 0.641. The lowest BCUT2D eigenvalue weighted by Gasteiger charge is -2.14. The minimum Gasteiger partial charge on any atom is -0.242 e. The summed E-state index contributed by atoms with van der Waals surface area (Å²) in [5, 5.41) is 11.4. The molecule has 2 aromatic carbocycles. The Labute approximate surface area is 93.9 Å². The van der Waals surface area contributed by atoms with Crippen molar-refractivity contribution in [2.45, 2.75) is 12.8 Å². The molecule has 0 spiro atoms. The van der Waals surface area contributed by atoms with E-state index in [-0.39, 0.29) is 0 Å². The highest BCUT2D eigenvalue weighted by Gasteiger charge is 2.13. The maximum absolute atomic E-state index is 8.85. The number of benzene rings is 2. The van der Waals surface area contributed by atoms with Gasteiger partial charge in [-0.2, -0.15) is 5.26 Å². The SMILES string of the molecule is N#CC1=Nc2ccc3ccccc3c2CC1. The third-order valence-corrected chi connectivity index (χ3v) is 3.01. The lowest BCUT2D eigenvalue weighted by molar-refractivity contribution is 1.03. The first-order valence-corrected chi connectivity index (χ1v) is 5.37. The van der Waals surface area contributed by atoms with E-state index >= 15 is 0 Å². The molecule has 0 amide bonds. The predicted octanol–water partition coefficient (Wildman–Crippen LogP) is 3.38. The highest BCUT2D eigenvalue weighted by atomic mass is 14.8. The number of aliphatic imine (C=N–C) groups is 1. The largest absolute Gasteiger partial charge is 0.242 e. The molecular formula is C14H10N2. The Kier molecular flexibility index (Phi) is 1.97. The van der Waals surface area contributed by atoms with Gasteiger partial charge in [-0.1, -0.05) is 30.3 Å². The smallest absolute Gasteiger partial charge is 0.118 e. The molecule has 0 saturated carbocycles. The molecule has 0 N–H and O–H groups in total. The molecule has 0 bridgehead atoms. The van der Waals surface area contributed by atoms with Crippen molar-refractivity contribution in [1.82, 2.24) is 0 Å². The zero-order valence-electron chi connectivity index (χ0n) is 8.77. The van der Waals surface area contributed by atoms with E-state index in [1.807, 2.05) is 18.2 Å². The second-order valence-corrected chi connectivity index (χ2v) is 3.95. The van der Waals surface area contributed by atoms with Crippen LogP contribution in [0.3, 0.4) is 0 Å². The summed E-state index contributed by atoms with van der Waals surface area (Å²) in [6.07, 6.45) is 1.68. The lowest BCUT2D eigenvalue weighted by atomic mass is 9.96. The number of hydrogen-bond donors (Lipinski definition) is 0. The van der Waals surface area contributed by atoms with Gasteiger partial charge in [0, 0.05) is 6.42 Å². The fraction of sp³-hybridized carbons (Fsp3) is 0.143. The Bertz CT molecular complexity index is 633. The van der Waals surface area contributed by atoms with Crippen molar-refractivity contribution >= 4 is 22.2 Å². The number of fused-ring (bicyclic) bond motifs is 3. The van der Waals surface area contributed by atoms with Gasteiger partial charge in [-0.25, -0.2) is 4.99 Å². The van der Waals surface area contributed by atoms with E-state index in [9.17, 15) is 0 Å². The van der Waals surface area contributed by atoms with E-state index in [0.29, 0.717) is 5.71 Å². The molecule has 0 radical (unpaired) electrons. The van der Waals surface area contributed by atoms with Gasteiger partial charge in [-0.05, 0) is 28.8 Å². The fourth-order valence-corrected chi connectivity index (χ4v) is 2.22. The van der Waals surface area contributed by atoms with Crippen LogP contribution in [-0.4, -0.2) is 5.71 Å². The van der Waals surface area contributed by atoms with Gasteiger partial charge in [-0.3, -0.25) is 0 Å². The molecule has 3 rings (SSSR count). The van der Waals surface area contributed by atoms with Gasteiger partial charge in [0.25, 0.3) is 0 Å². The van der Waals surface area contributed by atoms with Crippen LogP contribution in [0.5, 0.6) is 0 Å². The number of hydrogen-bond acceptors (Lipinski definition) is 2. The van der Waals surface area contributed by atoms with Gasteiger partial charge in [0.15, 0.2) is 0 Å². The van der Waals surface area contributed by atoms with Gasteiger partial charge in [0.1, 0.15) is 11.8 Å². The molecule has 0 saturated heterocycles. The molecule has 2 aromatic rings. The molecule has 2 nitrogen and oxygen atoms in total. The highest BCUT2D eigenvalue weighted by molar-refractivity contribution is 6.03. The van der Waals surface area contributed by atoms with Crippen molar-refractivity contribution in [2.75, 3.05) is 0 Å². The summed E-state index contributed by atoms with van der Waals surface area (Å²) in [5.41, 5.74) is 2.88. The first-order chi connectivity index (χ1) is 7.88. The molecule has 0 fully saturated rings. The summed E-state index contributed by atoms with van der Waals surface area (Å²) in [4.78, 5) is 4.37. The average Bonchev–Trinajstić information content (AvgIpc) is 2.38. The molecular weight excluding hydrogens is 196 g/mol. The molecule has 0 aromatic heterocycles. The number of nitriles is 1. The van der Waals surface area contributed by atoms with Gasteiger partial charge in [-0.15, -0.1) is 0 Å². The van der Waals surface area contributed by atoms with Crippen molar-refractivity contribution in [3.8, 4) is 6.07 Å². The van der Waals surface area contributed by atoms with Crippen LogP contribution in [-0.2, 0) is 6.42 Å². The summed E-state index contributed by atoms with van der Waals surface area (Å²) in [6, 6.07) is 14.5. The van der Waals surface area contributed by atoms with E-state index in [2.05, 4.69) is 29.3 Å². The van der Waals surface area contributed by atoms with E-state index < -0.39 is 0 Å². The quantitative estimate of drug-likeness (QED) is 0.650. The van der Waals surface area contributed by atoms with Crippen molar-refractivity contribution in [2.24, 2.45) is 4.99 Å². The van der Waals surface area contributed by atoms with Crippen LogP contribution in [0.2, 0.25) is 0 Å². The summed E-state index contributed by atoms with van der Waals surface area (Å²) in [5.74, 6) is 0. The van der Waals surface area contributed by atoms with Crippen LogP contribution in [0.4, 0.5) is 5.69 Å². The highest BCUT2D eigenvalue weighted by Crippen LogP contribution is 2.32. The zero-order chi connectivity index (χ0) is 11.0. The van der Waals surface area contributed by atoms with Gasteiger partial charge >= 0.3 is 0 Å². The van der Waals surface area contributed by atoms with Crippen LogP contribution in [0.1, 0.15) is 12.0 Å². The third kappa shape index (κ3) is 1.30. The molecule has 76 valence electrons. The van der Waals surface area contributed by atoms with E-state index in [0.717, 1.165) is 18.5 Å². The molecule has 0 aliphatic carbocycles. The molecule has 1 aliphatic heterocycles.